The van der Waals surface area contributed by atoms with Crippen molar-refractivity contribution < 1.29 is 4.79 Å². The molecule has 0 saturated carbocycles. The number of benzene rings is 1. The van der Waals surface area contributed by atoms with E-state index in [1.807, 2.05) is 25.1 Å². The van der Waals surface area contributed by atoms with Crippen LogP contribution < -0.4 is 10.9 Å². The third-order valence-corrected chi connectivity index (χ3v) is 4.52. The number of aromatic nitrogens is 2. The molecule has 0 spiro atoms. The predicted octanol–water partition coefficient (Wildman–Crippen LogP) is 2.39. The first-order valence-corrected chi connectivity index (χ1v) is 8.62. The van der Waals surface area contributed by atoms with Crippen LogP contribution in [0.1, 0.15) is 40.9 Å². The second kappa shape index (κ2) is 7.73. The van der Waals surface area contributed by atoms with Gasteiger partial charge in [-0.25, -0.2) is 0 Å². The van der Waals surface area contributed by atoms with E-state index >= 15 is 0 Å². The van der Waals surface area contributed by atoms with Crippen molar-refractivity contribution in [3.8, 4) is 12.1 Å². The lowest BCUT2D eigenvalue weighted by Crippen LogP contribution is -2.31. The van der Waals surface area contributed by atoms with Gasteiger partial charge in [0.05, 0.1) is 22.9 Å². The molecule has 7 heteroatoms. The Kier molecular flexibility index (Phi) is 5.19. The van der Waals surface area contributed by atoms with Gasteiger partial charge in [-0.3, -0.25) is 14.6 Å². The highest BCUT2D eigenvalue weighted by Crippen LogP contribution is 2.24. The maximum Gasteiger partial charge on any atom is 0.253 e. The zero-order valence-corrected chi connectivity index (χ0v) is 15.4. The maximum absolute atomic E-state index is 12.7. The highest BCUT2D eigenvalue weighted by molar-refractivity contribution is 5.88. The number of nitrogens with one attached hydrogen (secondary N) is 2. The van der Waals surface area contributed by atoms with Gasteiger partial charge in [-0.2, -0.15) is 10.5 Å². The van der Waals surface area contributed by atoms with Gasteiger partial charge in [-0.15, -0.1) is 0 Å². The summed E-state index contributed by atoms with van der Waals surface area (Å²) < 4.78 is 0. The van der Waals surface area contributed by atoms with E-state index in [2.05, 4.69) is 21.4 Å². The van der Waals surface area contributed by atoms with E-state index in [0.717, 1.165) is 5.56 Å². The fraction of sp³-hybridized carbons (Fsp3) is 0.190. The largest absolute Gasteiger partial charge is 0.348 e. The number of pyridine rings is 2. The smallest absolute Gasteiger partial charge is 0.253 e. The van der Waals surface area contributed by atoms with Gasteiger partial charge in [0.25, 0.3) is 5.56 Å². The van der Waals surface area contributed by atoms with Crippen LogP contribution in [0, 0.1) is 29.6 Å². The van der Waals surface area contributed by atoms with Crippen LogP contribution in [0.3, 0.4) is 0 Å². The number of rotatable bonds is 4. The summed E-state index contributed by atoms with van der Waals surface area (Å²) in [4.78, 5) is 31.5. The maximum atomic E-state index is 12.7. The van der Waals surface area contributed by atoms with Crippen molar-refractivity contribution in [3.63, 3.8) is 0 Å². The standard InChI is InChI=1S/C21H17N5O2/c1-12-4-3-5-18-20(12)16(10-23)15(21(28)26-18)8-19(25-13(2)27)17-7-6-14(9-22)11-24-17/h3-7,11,19H,8H2,1-2H3,(H,25,27)(H,26,28)/t19-/m1/s1. The summed E-state index contributed by atoms with van der Waals surface area (Å²) in [6.45, 7) is 3.25. The van der Waals surface area contributed by atoms with Crippen molar-refractivity contribution in [2.24, 2.45) is 0 Å². The number of carbonyl (C=O) groups excluding carboxylic acids is 1. The number of nitrogens with zero attached hydrogens (tertiary/aromatic N) is 3. The number of fused-ring (bicyclic) bond motifs is 1. The Labute approximate surface area is 161 Å². The summed E-state index contributed by atoms with van der Waals surface area (Å²) in [6.07, 6.45) is 1.51. The molecule has 2 N–H and O–H groups in total. The highest BCUT2D eigenvalue weighted by Gasteiger charge is 2.21. The Morgan fingerprint density at radius 3 is 2.64 bits per heavy atom. The van der Waals surface area contributed by atoms with Gasteiger partial charge in [0.1, 0.15) is 12.1 Å². The summed E-state index contributed by atoms with van der Waals surface area (Å²) in [5, 5.41) is 22.2. The molecule has 138 valence electrons. The van der Waals surface area contributed by atoms with Gasteiger partial charge >= 0.3 is 0 Å². The molecule has 7 nitrogen and oxygen atoms in total. The zero-order valence-electron chi connectivity index (χ0n) is 15.4. The molecule has 1 aromatic carbocycles. The van der Waals surface area contributed by atoms with Crippen molar-refractivity contribution in [2.45, 2.75) is 26.3 Å². The van der Waals surface area contributed by atoms with Crippen LogP contribution in [0.4, 0.5) is 0 Å². The summed E-state index contributed by atoms with van der Waals surface area (Å²) in [5.74, 6) is -0.289. The third kappa shape index (κ3) is 3.60. The minimum absolute atomic E-state index is 0.0982. The number of H-pyrrole nitrogens is 1. The Morgan fingerprint density at radius 1 is 1.25 bits per heavy atom. The van der Waals surface area contributed by atoms with E-state index < -0.39 is 6.04 Å². The van der Waals surface area contributed by atoms with Gasteiger partial charge < -0.3 is 10.3 Å². The first kappa shape index (κ1) is 18.8. The van der Waals surface area contributed by atoms with Gasteiger partial charge in [0.15, 0.2) is 0 Å². The molecule has 0 radical (unpaired) electrons. The van der Waals surface area contributed by atoms with Crippen LogP contribution in [-0.4, -0.2) is 15.9 Å². The molecule has 0 unspecified atom stereocenters. The lowest BCUT2D eigenvalue weighted by molar-refractivity contribution is -0.119. The van der Waals surface area contributed by atoms with Crippen LogP contribution in [-0.2, 0) is 11.2 Å². The van der Waals surface area contributed by atoms with E-state index in [1.54, 1.807) is 18.2 Å². The molecule has 3 aromatic rings. The van der Waals surface area contributed by atoms with Crippen LogP contribution in [0.25, 0.3) is 10.9 Å². The summed E-state index contributed by atoms with van der Waals surface area (Å²) in [7, 11) is 0. The quantitative estimate of drug-likeness (QED) is 0.729. The second-order valence-electron chi connectivity index (χ2n) is 6.46. The molecule has 1 amide bonds. The number of nitriles is 2. The molecule has 3 rings (SSSR count). The molecule has 0 aliphatic heterocycles. The first-order valence-electron chi connectivity index (χ1n) is 8.62. The fourth-order valence-corrected chi connectivity index (χ4v) is 3.24. The molecule has 0 aliphatic rings. The van der Waals surface area contributed by atoms with Gasteiger partial charge in [0, 0.05) is 36.0 Å². The lowest BCUT2D eigenvalue weighted by Gasteiger charge is -2.18. The Balaban J connectivity index is 2.14. The lowest BCUT2D eigenvalue weighted by atomic mass is 9.95. The number of aryl methyl sites for hydroxylation is 1. The molecule has 0 bridgehead atoms. The van der Waals surface area contributed by atoms with E-state index in [0.29, 0.717) is 27.7 Å². The number of amides is 1. The monoisotopic (exact) mass is 371 g/mol. The molecule has 0 aliphatic carbocycles. The minimum atomic E-state index is -0.611. The molecule has 28 heavy (non-hydrogen) atoms. The number of aromatic amines is 1. The van der Waals surface area contributed by atoms with Gasteiger partial charge in [0.2, 0.25) is 5.91 Å². The molecular weight excluding hydrogens is 354 g/mol. The van der Waals surface area contributed by atoms with E-state index in [4.69, 9.17) is 5.26 Å². The first-order chi connectivity index (χ1) is 13.4. The number of hydrogen-bond acceptors (Lipinski definition) is 5. The van der Waals surface area contributed by atoms with Crippen molar-refractivity contribution in [3.05, 3.63) is 74.8 Å². The molecule has 2 aromatic heterocycles. The fourth-order valence-electron chi connectivity index (χ4n) is 3.24. The van der Waals surface area contributed by atoms with Gasteiger partial charge in [-0.1, -0.05) is 12.1 Å². The van der Waals surface area contributed by atoms with E-state index in [1.165, 1.54) is 13.1 Å². The second-order valence-corrected chi connectivity index (χ2v) is 6.46. The normalized spacial score (nSPS) is 11.4. The predicted molar refractivity (Wildman–Crippen MR) is 103 cm³/mol. The van der Waals surface area contributed by atoms with Crippen LogP contribution in [0.5, 0.6) is 0 Å². The SMILES string of the molecule is CC(=O)N[C@H](Cc1c(C#N)c2c(C)cccc2[nH]c1=O)c1ccc(C#N)cn1. The highest BCUT2D eigenvalue weighted by atomic mass is 16.1. The molecule has 0 saturated heterocycles. The zero-order chi connectivity index (χ0) is 20.3. The Morgan fingerprint density at radius 2 is 2.04 bits per heavy atom. The molecular formula is C21H17N5O2. The van der Waals surface area contributed by atoms with Crippen molar-refractivity contribution in [2.75, 3.05) is 0 Å². The summed E-state index contributed by atoms with van der Waals surface area (Å²) in [5.41, 5.74) is 2.57. The Bertz CT molecular complexity index is 1200. The summed E-state index contributed by atoms with van der Waals surface area (Å²) >= 11 is 0. The third-order valence-electron chi connectivity index (χ3n) is 4.52. The Hall–Kier alpha value is -3.97. The topological polar surface area (TPSA) is 122 Å². The van der Waals surface area contributed by atoms with Crippen LogP contribution >= 0.6 is 0 Å². The van der Waals surface area contributed by atoms with Crippen molar-refractivity contribution >= 4 is 16.8 Å². The van der Waals surface area contributed by atoms with Crippen LogP contribution in [0.2, 0.25) is 0 Å². The van der Waals surface area contributed by atoms with Crippen molar-refractivity contribution in [1.29, 1.82) is 10.5 Å². The number of carbonyl (C=O) groups is 1. The van der Waals surface area contributed by atoms with Crippen molar-refractivity contribution in [1.82, 2.24) is 15.3 Å². The van der Waals surface area contributed by atoms with E-state index in [9.17, 15) is 14.9 Å². The minimum Gasteiger partial charge on any atom is -0.348 e. The van der Waals surface area contributed by atoms with E-state index in [-0.39, 0.29) is 23.5 Å². The molecule has 2 heterocycles. The summed E-state index contributed by atoms with van der Waals surface area (Å²) in [6, 6.07) is 12.2. The molecule has 1 atom stereocenters. The average molecular weight is 371 g/mol. The molecule has 0 fully saturated rings. The van der Waals surface area contributed by atoms with Gasteiger partial charge in [-0.05, 0) is 30.7 Å². The number of hydrogen-bond donors (Lipinski definition) is 2. The van der Waals surface area contributed by atoms with Crippen LogP contribution in [0.15, 0.2) is 41.3 Å². The average Bonchev–Trinajstić information content (AvgIpc) is 2.68.